The molecule has 2 saturated heterocycles. The molecule has 2 amide bonds. The Morgan fingerprint density at radius 3 is 2.14 bits per heavy atom. The topological polar surface area (TPSA) is 55.9 Å². The van der Waals surface area contributed by atoms with Crippen LogP contribution in [0.5, 0.6) is 0 Å². The summed E-state index contributed by atoms with van der Waals surface area (Å²) >= 11 is 0. The Labute approximate surface area is 168 Å². The normalized spacial score (nSPS) is 19.5. The summed E-state index contributed by atoms with van der Waals surface area (Å²) in [7, 11) is 0. The van der Waals surface area contributed by atoms with Gasteiger partial charge in [0.2, 0.25) is 11.8 Å². The van der Waals surface area contributed by atoms with Gasteiger partial charge in [-0.1, -0.05) is 30.3 Å². The molecule has 2 aliphatic heterocycles. The summed E-state index contributed by atoms with van der Waals surface area (Å²) in [6, 6.07) is 10.7. The lowest BCUT2D eigenvalue weighted by Gasteiger charge is -2.36. The van der Waals surface area contributed by atoms with E-state index in [4.69, 9.17) is 0 Å². The van der Waals surface area contributed by atoms with Crippen molar-refractivity contribution in [2.24, 2.45) is 5.92 Å². The van der Waals surface area contributed by atoms with Crippen LogP contribution in [0, 0.1) is 5.92 Å². The van der Waals surface area contributed by atoms with Gasteiger partial charge in [-0.05, 0) is 37.7 Å². The Balaban J connectivity index is 1.34. The van der Waals surface area contributed by atoms with E-state index in [1.165, 1.54) is 5.56 Å². The Morgan fingerprint density at radius 1 is 0.929 bits per heavy atom. The number of carbonyl (C=O) groups is 2. The van der Waals surface area contributed by atoms with Crippen LogP contribution in [0.15, 0.2) is 30.3 Å². The van der Waals surface area contributed by atoms with Crippen molar-refractivity contribution in [3.8, 4) is 0 Å². The van der Waals surface area contributed by atoms with Gasteiger partial charge in [0, 0.05) is 45.8 Å². The van der Waals surface area contributed by atoms with Crippen molar-refractivity contribution < 1.29 is 9.59 Å². The molecular weight excluding hydrogens is 352 g/mol. The summed E-state index contributed by atoms with van der Waals surface area (Å²) in [6.45, 7) is 8.77. The van der Waals surface area contributed by atoms with Gasteiger partial charge in [-0.15, -0.1) is 0 Å². The Kier molecular flexibility index (Phi) is 7.86. The standard InChI is InChI=1S/C22H34N4O2/c1-2-23-21(27)17-24-12-14-25(15-13-24)18-22(28)26-10-8-20(9-11-26)16-19-6-4-3-5-7-19/h3-7,20H,2,8-18H2,1H3,(H,23,27). The van der Waals surface area contributed by atoms with Crippen molar-refractivity contribution in [2.75, 3.05) is 58.9 Å². The van der Waals surface area contributed by atoms with E-state index in [1.54, 1.807) is 0 Å². The van der Waals surface area contributed by atoms with Crippen LogP contribution in [0.3, 0.4) is 0 Å². The molecule has 3 rings (SSSR count). The molecule has 0 atom stereocenters. The van der Waals surface area contributed by atoms with Gasteiger partial charge in [0.1, 0.15) is 0 Å². The van der Waals surface area contributed by atoms with Gasteiger partial charge in [-0.25, -0.2) is 0 Å². The molecule has 0 unspecified atom stereocenters. The summed E-state index contributed by atoms with van der Waals surface area (Å²) in [5, 5.41) is 2.84. The van der Waals surface area contributed by atoms with Crippen molar-refractivity contribution in [1.82, 2.24) is 20.0 Å². The molecule has 0 aliphatic carbocycles. The number of hydrogen-bond acceptors (Lipinski definition) is 4. The third-order valence-corrected chi connectivity index (χ3v) is 5.90. The number of carbonyl (C=O) groups excluding carboxylic acids is 2. The first-order valence-electron chi connectivity index (χ1n) is 10.7. The van der Waals surface area contributed by atoms with Crippen LogP contribution >= 0.6 is 0 Å². The molecule has 1 N–H and O–H groups in total. The highest BCUT2D eigenvalue weighted by molar-refractivity contribution is 5.78. The molecule has 1 aromatic rings. The monoisotopic (exact) mass is 386 g/mol. The molecule has 6 heteroatoms. The van der Waals surface area contributed by atoms with E-state index in [0.29, 0.717) is 25.6 Å². The van der Waals surface area contributed by atoms with Gasteiger partial charge in [-0.2, -0.15) is 0 Å². The van der Waals surface area contributed by atoms with Gasteiger partial charge in [0.05, 0.1) is 13.1 Å². The quantitative estimate of drug-likeness (QED) is 0.766. The van der Waals surface area contributed by atoms with E-state index in [2.05, 4.69) is 45.4 Å². The molecule has 0 radical (unpaired) electrons. The maximum Gasteiger partial charge on any atom is 0.236 e. The first-order chi connectivity index (χ1) is 13.6. The minimum Gasteiger partial charge on any atom is -0.355 e. The third-order valence-electron chi connectivity index (χ3n) is 5.90. The van der Waals surface area contributed by atoms with Gasteiger partial charge in [-0.3, -0.25) is 19.4 Å². The highest BCUT2D eigenvalue weighted by atomic mass is 16.2. The summed E-state index contributed by atoms with van der Waals surface area (Å²) in [5.41, 5.74) is 1.40. The van der Waals surface area contributed by atoms with Crippen LogP contribution < -0.4 is 5.32 Å². The smallest absolute Gasteiger partial charge is 0.236 e. The SMILES string of the molecule is CCNC(=O)CN1CCN(CC(=O)N2CCC(Cc3ccccc3)CC2)CC1. The van der Waals surface area contributed by atoms with E-state index in [9.17, 15) is 9.59 Å². The first-order valence-corrected chi connectivity index (χ1v) is 10.7. The van der Waals surface area contributed by atoms with Gasteiger partial charge in [0.15, 0.2) is 0 Å². The molecule has 2 aliphatic rings. The predicted octanol–water partition coefficient (Wildman–Crippen LogP) is 1.22. The van der Waals surface area contributed by atoms with E-state index in [0.717, 1.165) is 58.5 Å². The maximum atomic E-state index is 12.7. The van der Waals surface area contributed by atoms with Crippen LogP contribution in [0.4, 0.5) is 0 Å². The number of rotatable bonds is 7. The van der Waals surface area contributed by atoms with Crippen molar-refractivity contribution in [1.29, 1.82) is 0 Å². The number of amides is 2. The molecule has 6 nitrogen and oxygen atoms in total. The second-order valence-electron chi connectivity index (χ2n) is 8.02. The molecule has 0 saturated carbocycles. The molecular formula is C22H34N4O2. The van der Waals surface area contributed by atoms with Crippen molar-refractivity contribution in [3.05, 3.63) is 35.9 Å². The van der Waals surface area contributed by atoms with E-state index < -0.39 is 0 Å². The fourth-order valence-electron chi connectivity index (χ4n) is 4.19. The van der Waals surface area contributed by atoms with E-state index in [-0.39, 0.29) is 11.8 Å². The molecule has 0 aromatic heterocycles. The summed E-state index contributed by atoms with van der Waals surface area (Å²) < 4.78 is 0. The highest BCUT2D eigenvalue weighted by Gasteiger charge is 2.26. The minimum absolute atomic E-state index is 0.0883. The Bertz CT molecular complexity index is 621. The van der Waals surface area contributed by atoms with Gasteiger partial charge >= 0.3 is 0 Å². The molecule has 0 spiro atoms. The zero-order valence-corrected chi connectivity index (χ0v) is 17.1. The van der Waals surface area contributed by atoms with Crippen LogP contribution in [0.2, 0.25) is 0 Å². The zero-order chi connectivity index (χ0) is 19.8. The molecule has 2 heterocycles. The van der Waals surface area contributed by atoms with Crippen LogP contribution in [0.1, 0.15) is 25.3 Å². The average Bonchev–Trinajstić information content (AvgIpc) is 2.71. The van der Waals surface area contributed by atoms with Crippen LogP contribution in [0.25, 0.3) is 0 Å². The van der Waals surface area contributed by atoms with Gasteiger partial charge < -0.3 is 10.2 Å². The van der Waals surface area contributed by atoms with Crippen LogP contribution in [-0.2, 0) is 16.0 Å². The number of likely N-dealkylation sites (tertiary alicyclic amines) is 1. The van der Waals surface area contributed by atoms with E-state index in [1.807, 2.05) is 11.8 Å². The Morgan fingerprint density at radius 2 is 1.54 bits per heavy atom. The number of nitrogens with zero attached hydrogens (tertiary/aromatic N) is 3. The number of likely N-dealkylation sites (N-methyl/N-ethyl adjacent to an activating group) is 1. The van der Waals surface area contributed by atoms with Crippen LogP contribution in [-0.4, -0.2) is 85.4 Å². The molecule has 0 bridgehead atoms. The number of piperidine rings is 1. The summed E-state index contributed by atoms with van der Waals surface area (Å²) in [6.07, 6.45) is 3.32. The fraction of sp³-hybridized carbons (Fsp3) is 0.636. The average molecular weight is 387 g/mol. The van der Waals surface area contributed by atoms with E-state index >= 15 is 0 Å². The lowest BCUT2D eigenvalue weighted by molar-refractivity contribution is -0.134. The number of nitrogens with one attached hydrogen (secondary N) is 1. The molecule has 28 heavy (non-hydrogen) atoms. The zero-order valence-electron chi connectivity index (χ0n) is 17.1. The largest absolute Gasteiger partial charge is 0.355 e. The first kappa shape index (κ1) is 20.8. The second kappa shape index (κ2) is 10.6. The lowest BCUT2D eigenvalue weighted by Crippen LogP contribution is -2.52. The van der Waals surface area contributed by atoms with Gasteiger partial charge in [0.25, 0.3) is 0 Å². The molecule has 154 valence electrons. The Hall–Kier alpha value is -1.92. The fourth-order valence-corrected chi connectivity index (χ4v) is 4.19. The predicted molar refractivity (Wildman–Crippen MR) is 111 cm³/mol. The minimum atomic E-state index is 0.0883. The molecule has 1 aromatic carbocycles. The lowest BCUT2D eigenvalue weighted by atomic mass is 9.90. The highest BCUT2D eigenvalue weighted by Crippen LogP contribution is 2.21. The van der Waals surface area contributed by atoms with Crippen molar-refractivity contribution in [2.45, 2.75) is 26.2 Å². The number of hydrogen-bond donors (Lipinski definition) is 1. The summed E-state index contributed by atoms with van der Waals surface area (Å²) in [4.78, 5) is 30.8. The number of piperazine rings is 1. The second-order valence-corrected chi connectivity index (χ2v) is 8.02. The van der Waals surface area contributed by atoms with Crippen molar-refractivity contribution >= 4 is 11.8 Å². The maximum absolute atomic E-state index is 12.7. The molecule has 2 fully saturated rings. The van der Waals surface area contributed by atoms with Crippen molar-refractivity contribution in [3.63, 3.8) is 0 Å². The third kappa shape index (κ3) is 6.31. The number of benzene rings is 1. The summed E-state index contributed by atoms with van der Waals surface area (Å²) in [5.74, 6) is 1.03.